The van der Waals surface area contributed by atoms with E-state index in [1.165, 1.54) is 6.42 Å². The van der Waals surface area contributed by atoms with Crippen LogP contribution in [0.5, 0.6) is 40.2 Å². The van der Waals surface area contributed by atoms with Crippen LogP contribution in [-0.4, -0.2) is 41.7 Å². The van der Waals surface area contributed by atoms with E-state index in [4.69, 9.17) is 18.9 Å². The van der Waals surface area contributed by atoms with Gasteiger partial charge in [0.25, 0.3) is 0 Å². The molecule has 8 bridgehead atoms. The molecular weight excluding hydrogens is 737 g/mol. The minimum atomic E-state index is 0.134. The highest BCUT2D eigenvalue weighted by Crippen LogP contribution is 2.42. The predicted molar refractivity (Wildman–Crippen MR) is 241 cm³/mol. The Balaban J connectivity index is 1.70. The first-order valence-electron chi connectivity index (χ1n) is 23.0. The Morgan fingerprint density at radius 3 is 0.831 bits per heavy atom. The summed E-state index contributed by atoms with van der Waals surface area (Å²) in [5, 5.41) is 34.1. The molecule has 5 rings (SSSR count). The van der Waals surface area contributed by atoms with Crippen LogP contribution in [0.3, 0.4) is 0 Å². The molecule has 0 amide bonds. The van der Waals surface area contributed by atoms with Crippen LogP contribution in [0.4, 0.5) is 0 Å². The molecule has 4 aromatic rings. The highest BCUT2D eigenvalue weighted by atomic mass is 16.5. The molecule has 0 aliphatic heterocycles. The van der Waals surface area contributed by atoms with Crippen LogP contribution in [0, 0.1) is 0 Å². The van der Waals surface area contributed by atoms with Crippen LogP contribution in [0.25, 0.3) is 0 Å². The molecule has 322 valence electrons. The van der Waals surface area contributed by atoms with Crippen molar-refractivity contribution < 1.29 is 34.3 Å². The van der Waals surface area contributed by atoms with Gasteiger partial charge in [-0.3, -0.25) is 0 Å². The van der Waals surface area contributed by atoms with Crippen molar-refractivity contribution in [3.63, 3.8) is 0 Å². The number of fused-ring (bicyclic) bond motifs is 8. The summed E-state index contributed by atoms with van der Waals surface area (Å²) in [5.41, 5.74) is 7.09. The highest BCUT2D eigenvalue weighted by Gasteiger charge is 2.24. The van der Waals surface area contributed by atoms with E-state index in [9.17, 15) is 15.3 Å². The highest BCUT2D eigenvalue weighted by molar-refractivity contribution is 5.59. The lowest BCUT2D eigenvalue weighted by molar-refractivity contribution is 0.292. The van der Waals surface area contributed by atoms with Gasteiger partial charge in [0.05, 0.1) is 26.4 Å². The second kappa shape index (κ2) is 24.5. The van der Waals surface area contributed by atoms with E-state index < -0.39 is 0 Å². The Kier molecular flexibility index (Phi) is 18.9. The first-order chi connectivity index (χ1) is 28.8. The van der Waals surface area contributed by atoms with Crippen LogP contribution in [0.1, 0.15) is 175 Å². The zero-order valence-electron chi connectivity index (χ0n) is 36.6. The molecule has 0 spiro atoms. The van der Waals surface area contributed by atoms with Gasteiger partial charge in [0, 0.05) is 59.1 Å². The third-order valence-corrected chi connectivity index (χ3v) is 11.4. The fraction of sp³-hybridized carbons (Fsp3) is 0.538. The number of rotatable bonds is 24. The fourth-order valence-corrected chi connectivity index (χ4v) is 8.29. The second-order valence-electron chi connectivity index (χ2n) is 16.5. The molecule has 7 heteroatoms. The van der Waals surface area contributed by atoms with Gasteiger partial charge in [-0.2, -0.15) is 0 Å². The monoisotopic (exact) mass is 809 g/mol. The molecule has 0 aromatic heterocycles. The van der Waals surface area contributed by atoms with Gasteiger partial charge in [0.15, 0.2) is 0 Å². The minimum absolute atomic E-state index is 0.134. The van der Waals surface area contributed by atoms with Gasteiger partial charge in [-0.1, -0.05) is 123 Å². The SMILES string of the molecule is CCCCCCOc1c2cccc1Cc1cc(O)cc(c1OCCCCCC)Cc1cc(O)cc(c1OCCCCCC)Cc1cc(O)cc(c1OCCCCCC)C2. The number of hydrogen-bond acceptors (Lipinski definition) is 7. The maximum atomic E-state index is 11.4. The molecule has 0 unspecified atom stereocenters. The van der Waals surface area contributed by atoms with Crippen molar-refractivity contribution in [2.45, 2.75) is 156 Å². The zero-order chi connectivity index (χ0) is 41.8. The van der Waals surface area contributed by atoms with Crippen molar-refractivity contribution in [2.75, 3.05) is 26.4 Å². The van der Waals surface area contributed by atoms with Gasteiger partial charge < -0.3 is 34.3 Å². The van der Waals surface area contributed by atoms with Crippen molar-refractivity contribution in [3.8, 4) is 40.2 Å². The van der Waals surface area contributed by atoms with Crippen LogP contribution in [-0.2, 0) is 25.7 Å². The van der Waals surface area contributed by atoms with E-state index in [1.54, 1.807) is 24.3 Å². The third kappa shape index (κ3) is 13.8. The Labute approximate surface area is 355 Å². The standard InChI is InChI=1S/C52H72O7/c1-5-9-13-17-24-56-49-38-22-21-23-39(49)29-41-33-47(54)35-43(51(41)58-26-19-15-11-7-3)31-45-37-48(55)36-44(52(45)59-27-20-16-12-8-4)30-42-34-46(53)32-40(28-38)50(42)57-25-18-14-10-6-2/h21-23,32-37,53-55H,5-20,24-31H2,1-4H3. The molecular formula is C52H72O7. The summed E-state index contributed by atoms with van der Waals surface area (Å²) in [5.74, 6) is 3.55. The Morgan fingerprint density at radius 1 is 0.339 bits per heavy atom. The van der Waals surface area contributed by atoms with Gasteiger partial charge in [0.2, 0.25) is 0 Å². The zero-order valence-corrected chi connectivity index (χ0v) is 36.6. The Morgan fingerprint density at radius 2 is 0.576 bits per heavy atom. The molecule has 0 saturated carbocycles. The summed E-state index contributed by atoms with van der Waals surface area (Å²) < 4.78 is 27.0. The smallest absolute Gasteiger partial charge is 0.126 e. The predicted octanol–water partition coefficient (Wildman–Crippen LogP) is 13.3. The summed E-state index contributed by atoms with van der Waals surface area (Å²) in [7, 11) is 0. The molecule has 0 fully saturated rings. The number of ether oxygens (including phenoxy) is 4. The molecule has 0 saturated heterocycles. The number of aromatic hydroxyl groups is 3. The van der Waals surface area contributed by atoms with Crippen LogP contribution < -0.4 is 18.9 Å². The lowest BCUT2D eigenvalue weighted by Crippen LogP contribution is -2.10. The normalized spacial score (nSPS) is 12.3. The largest absolute Gasteiger partial charge is 0.508 e. The number of benzene rings is 4. The number of phenolic OH excluding ortho intramolecular Hbond substituents is 3. The lowest BCUT2D eigenvalue weighted by atomic mass is 9.90. The molecule has 7 nitrogen and oxygen atoms in total. The summed E-state index contributed by atoms with van der Waals surface area (Å²) >= 11 is 0. The van der Waals surface area contributed by atoms with E-state index in [1.807, 2.05) is 12.1 Å². The summed E-state index contributed by atoms with van der Waals surface area (Å²) in [6.07, 6.45) is 19.0. The summed E-state index contributed by atoms with van der Waals surface area (Å²) in [6, 6.07) is 17.2. The van der Waals surface area contributed by atoms with Gasteiger partial charge >= 0.3 is 0 Å². The van der Waals surface area contributed by atoms with Crippen LogP contribution in [0.15, 0.2) is 54.6 Å². The second-order valence-corrected chi connectivity index (χ2v) is 16.5. The van der Waals surface area contributed by atoms with Gasteiger partial charge in [-0.05, 0) is 73.2 Å². The average molecular weight is 809 g/mol. The molecule has 1 aliphatic rings. The van der Waals surface area contributed by atoms with Crippen molar-refractivity contribution in [1.29, 1.82) is 0 Å². The molecule has 0 heterocycles. The first-order valence-corrected chi connectivity index (χ1v) is 23.0. The lowest BCUT2D eigenvalue weighted by Gasteiger charge is -2.23. The maximum absolute atomic E-state index is 11.4. The third-order valence-electron chi connectivity index (χ3n) is 11.4. The number of para-hydroxylation sites is 1. The van der Waals surface area contributed by atoms with Gasteiger partial charge in [-0.15, -0.1) is 0 Å². The van der Waals surface area contributed by atoms with E-state index in [0.29, 0.717) is 57.9 Å². The van der Waals surface area contributed by atoms with Crippen molar-refractivity contribution >= 4 is 0 Å². The molecule has 0 radical (unpaired) electrons. The van der Waals surface area contributed by atoms with Crippen molar-refractivity contribution in [3.05, 3.63) is 99.1 Å². The molecule has 1 aliphatic carbocycles. The van der Waals surface area contributed by atoms with E-state index >= 15 is 0 Å². The molecule has 4 aromatic carbocycles. The van der Waals surface area contributed by atoms with Crippen LogP contribution >= 0.6 is 0 Å². The number of phenols is 3. The number of hydrogen-bond donors (Lipinski definition) is 3. The van der Waals surface area contributed by atoms with Crippen molar-refractivity contribution in [1.82, 2.24) is 0 Å². The van der Waals surface area contributed by atoms with Crippen LogP contribution in [0.2, 0.25) is 0 Å². The van der Waals surface area contributed by atoms with E-state index in [2.05, 4.69) is 45.9 Å². The summed E-state index contributed by atoms with van der Waals surface area (Å²) in [4.78, 5) is 0. The van der Waals surface area contributed by atoms with Gasteiger partial charge in [-0.25, -0.2) is 0 Å². The van der Waals surface area contributed by atoms with E-state index in [0.717, 1.165) is 158 Å². The minimum Gasteiger partial charge on any atom is -0.508 e. The fourth-order valence-electron chi connectivity index (χ4n) is 8.29. The van der Waals surface area contributed by atoms with Crippen molar-refractivity contribution in [2.24, 2.45) is 0 Å². The first kappa shape index (κ1) is 45.6. The quantitative estimate of drug-likeness (QED) is 0.0534. The van der Waals surface area contributed by atoms with E-state index in [-0.39, 0.29) is 17.2 Å². The van der Waals surface area contributed by atoms with Gasteiger partial charge in [0.1, 0.15) is 40.2 Å². The summed E-state index contributed by atoms with van der Waals surface area (Å²) in [6.45, 7) is 11.1. The topological polar surface area (TPSA) is 97.6 Å². The Hall–Kier alpha value is -4.52. The average Bonchev–Trinajstić information content (AvgIpc) is 3.20. The number of unbranched alkanes of at least 4 members (excludes halogenated alkanes) is 12. The maximum Gasteiger partial charge on any atom is 0.126 e. The molecule has 0 atom stereocenters. The molecule has 59 heavy (non-hydrogen) atoms. The molecule has 3 N–H and O–H groups in total. The Bertz CT molecular complexity index is 1770.